The zero-order valence-corrected chi connectivity index (χ0v) is 18.8. The van der Waals surface area contributed by atoms with Crippen LogP contribution in [-0.4, -0.2) is 0 Å². The lowest BCUT2D eigenvalue weighted by Crippen LogP contribution is -2.30. The SMILES string of the molecule is Cc1cc(C#N)c2c(oc3c(-c4ccc(C(C)C)cc4)cccc32)c1-c1cccc[n+]1C. The van der Waals surface area contributed by atoms with Gasteiger partial charge in [0.25, 0.3) is 0 Å². The van der Waals surface area contributed by atoms with Crippen molar-refractivity contribution in [1.82, 2.24) is 0 Å². The van der Waals surface area contributed by atoms with Crippen LogP contribution >= 0.6 is 0 Å². The van der Waals surface area contributed by atoms with Gasteiger partial charge in [0.1, 0.15) is 12.6 Å². The number of aromatic nitrogens is 1. The van der Waals surface area contributed by atoms with Crippen molar-refractivity contribution in [3.05, 3.63) is 89.6 Å². The molecule has 5 rings (SSSR count). The molecule has 5 aromatic rings. The molecule has 0 aliphatic rings. The van der Waals surface area contributed by atoms with Gasteiger partial charge in [-0.15, -0.1) is 0 Å². The van der Waals surface area contributed by atoms with Gasteiger partial charge in [-0.3, -0.25) is 0 Å². The van der Waals surface area contributed by atoms with Gasteiger partial charge < -0.3 is 4.42 Å². The van der Waals surface area contributed by atoms with Crippen molar-refractivity contribution in [2.24, 2.45) is 7.05 Å². The van der Waals surface area contributed by atoms with Crippen LogP contribution in [0.15, 0.2) is 77.3 Å². The second-order valence-corrected chi connectivity index (χ2v) is 8.69. The first-order chi connectivity index (χ1) is 15.5. The van der Waals surface area contributed by atoms with E-state index in [0.29, 0.717) is 11.5 Å². The minimum atomic E-state index is 0.487. The van der Waals surface area contributed by atoms with Crippen molar-refractivity contribution >= 4 is 21.9 Å². The summed E-state index contributed by atoms with van der Waals surface area (Å²) in [5, 5.41) is 11.8. The number of aryl methyl sites for hydroxylation is 2. The number of hydrogen-bond acceptors (Lipinski definition) is 2. The molecule has 0 radical (unpaired) electrons. The van der Waals surface area contributed by atoms with Crippen LogP contribution in [0.4, 0.5) is 0 Å². The molecule has 2 aromatic heterocycles. The van der Waals surface area contributed by atoms with Crippen molar-refractivity contribution in [2.45, 2.75) is 26.7 Å². The van der Waals surface area contributed by atoms with E-state index in [0.717, 1.165) is 49.9 Å². The molecule has 2 heterocycles. The number of furan rings is 1. The Bertz CT molecular complexity index is 1520. The summed E-state index contributed by atoms with van der Waals surface area (Å²) < 4.78 is 8.70. The van der Waals surface area contributed by atoms with Crippen LogP contribution in [-0.2, 0) is 7.05 Å². The molecule has 0 atom stereocenters. The fourth-order valence-electron chi connectivity index (χ4n) is 4.57. The van der Waals surface area contributed by atoms with Crippen LogP contribution in [0.25, 0.3) is 44.3 Å². The molecule has 0 amide bonds. The first-order valence-electron chi connectivity index (χ1n) is 10.9. The molecule has 0 bridgehead atoms. The number of rotatable bonds is 3. The molecule has 3 heteroatoms. The predicted octanol–water partition coefficient (Wildman–Crippen LogP) is 7.05. The van der Waals surface area contributed by atoms with E-state index in [9.17, 15) is 5.26 Å². The van der Waals surface area contributed by atoms with E-state index in [-0.39, 0.29) is 0 Å². The topological polar surface area (TPSA) is 40.8 Å². The summed E-state index contributed by atoms with van der Waals surface area (Å²) in [5.41, 5.74) is 8.81. The number of nitrogens with zero attached hydrogens (tertiary/aromatic N) is 2. The van der Waals surface area contributed by atoms with E-state index in [1.807, 2.05) is 44.4 Å². The maximum atomic E-state index is 9.93. The van der Waals surface area contributed by atoms with E-state index >= 15 is 0 Å². The van der Waals surface area contributed by atoms with Crippen molar-refractivity contribution in [1.29, 1.82) is 5.26 Å². The molecule has 0 unspecified atom stereocenters. The van der Waals surface area contributed by atoms with Crippen molar-refractivity contribution in [3.63, 3.8) is 0 Å². The molecule has 0 saturated heterocycles. The first kappa shape index (κ1) is 20.0. The van der Waals surface area contributed by atoms with Crippen LogP contribution in [0.3, 0.4) is 0 Å². The number of fused-ring (bicyclic) bond motifs is 3. The monoisotopic (exact) mass is 417 g/mol. The second-order valence-electron chi connectivity index (χ2n) is 8.69. The minimum Gasteiger partial charge on any atom is -0.454 e. The third-order valence-electron chi connectivity index (χ3n) is 6.29. The van der Waals surface area contributed by atoms with Gasteiger partial charge >= 0.3 is 0 Å². The highest BCUT2D eigenvalue weighted by Gasteiger charge is 2.24. The van der Waals surface area contributed by atoms with E-state index in [2.05, 4.69) is 66.9 Å². The quantitative estimate of drug-likeness (QED) is 0.295. The Balaban J connectivity index is 1.86. The predicted molar refractivity (Wildman–Crippen MR) is 129 cm³/mol. The average Bonchev–Trinajstić information content (AvgIpc) is 3.19. The van der Waals surface area contributed by atoms with E-state index in [1.165, 1.54) is 5.56 Å². The van der Waals surface area contributed by atoms with Gasteiger partial charge in [-0.2, -0.15) is 5.26 Å². The lowest BCUT2D eigenvalue weighted by atomic mass is 9.95. The largest absolute Gasteiger partial charge is 0.454 e. The molecule has 0 N–H and O–H groups in total. The molecule has 0 aliphatic heterocycles. The maximum absolute atomic E-state index is 9.93. The molecule has 3 nitrogen and oxygen atoms in total. The van der Waals surface area contributed by atoms with Crippen LogP contribution < -0.4 is 4.57 Å². The molecule has 0 saturated carbocycles. The maximum Gasteiger partial charge on any atom is 0.216 e. The zero-order chi connectivity index (χ0) is 22.4. The summed E-state index contributed by atoms with van der Waals surface area (Å²) in [7, 11) is 2.03. The van der Waals surface area contributed by atoms with E-state index in [1.54, 1.807) is 0 Å². The van der Waals surface area contributed by atoms with Crippen LogP contribution in [0.2, 0.25) is 0 Å². The van der Waals surface area contributed by atoms with Gasteiger partial charge in [0, 0.05) is 28.5 Å². The number of para-hydroxylation sites is 1. The Morgan fingerprint density at radius 1 is 0.938 bits per heavy atom. The molecular formula is C29H25N2O+. The van der Waals surface area contributed by atoms with Gasteiger partial charge in [-0.05, 0) is 41.7 Å². The number of nitriles is 1. The Kier molecular flexibility index (Phi) is 4.79. The van der Waals surface area contributed by atoms with Crippen molar-refractivity contribution in [2.75, 3.05) is 0 Å². The highest BCUT2D eigenvalue weighted by atomic mass is 16.3. The van der Waals surface area contributed by atoms with Gasteiger partial charge in [0.05, 0.1) is 17.2 Å². The van der Waals surface area contributed by atoms with Crippen LogP contribution in [0, 0.1) is 18.3 Å². The highest BCUT2D eigenvalue weighted by molar-refractivity contribution is 6.15. The third-order valence-corrected chi connectivity index (χ3v) is 6.29. The molecule has 0 fully saturated rings. The van der Waals surface area contributed by atoms with Gasteiger partial charge in [0.2, 0.25) is 5.69 Å². The normalized spacial score (nSPS) is 11.4. The summed E-state index contributed by atoms with van der Waals surface area (Å²) in [4.78, 5) is 0. The summed E-state index contributed by atoms with van der Waals surface area (Å²) in [6, 6.07) is 25.4. The van der Waals surface area contributed by atoms with E-state index < -0.39 is 0 Å². The van der Waals surface area contributed by atoms with Crippen LogP contribution in [0.5, 0.6) is 0 Å². The minimum absolute atomic E-state index is 0.487. The standard InChI is InChI=1S/C29H25N2O/c1-18(2)20-11-13-21(14-12-20)23-8-7-9-24-27-22(17-30)16-19(3)26(29(27)32-28(23)24)25-10-5-6-15-31(25)4/h5-16,18H,1-4H3/q+1. The Labute approximate surface area is 188 Å². The van der Waals surface area contributed by atoms with Crippen LogP contribution in [0.1, 0.15) is 36.5 Å². The summed E-state index contributed by atoms with van der Waals surface area (Å²) in [6.07, 6.45) is 2.03. The molecule has 0 aliphatic carbocycles. The van der Waals surface area contributed by atoms with Gasteiger partial charge in [-0.25, -0.2) is 4.57 Å². The van der Waals surface area contributed by atoms with E-state index in [4.69, 9.17) is 4.42 Å². The first-order valence-corrected chi connectivity index (χ1v) is 10.9. The number of benzene rings is 3. The number of hydrogen-bond donors (Lipinski definition) is 0. The average molecular weight is 418 g/mol. The molecular weight excluding hydrogens is 392 g/mol. The third kappa shape index (κ3) is 3.08. The molecule has 156 valence electrons. The van der Waals surface area contributed by atoms with Gasteiger partial charge in [0.15, 0.2) is 11.8 Å². The zero-order valence-electron chi connectivity index (χ0n) is 18.8. The highest BCUT2D eigenvalue weighted by Crippen LogP contribution is 2.42. The Hall–Kier alpha value is -3.90. The lowest BCUT2D eigenvalue weighted by molar-refractivity contribution is -0.660. The fourth-order valence-corrected chi connectivity index (χ4v) is 4.57. The Morgan fingerprint density at radius 2 is 1.72 bits per heavy atom. The summed E-state index contributed by atoms with van der Waals surface area (Å²) >= 11 is 0. The molecule has 32 heavy (non-hydrogen) atoms. The smallest absolute Gasteiger partial charge is 0.216 e. The summed E-state index contributed by atoms with van der Waals surface area (Å²) in [5.74, 6) is 0.487. The molecule has 3 aromatic carbocycles. The van der Waals surface area contributed by atoms with Gasteiger partial charge in [-0.1, -0.05) is 56.3 Å². The van der Waals surface area contributed by atoms with Crippen molar-refractivity contribution in [3.8, 4) is 28.5 Å². The van der Waals surface area contributed by atoms with Crippen molar-refractivity contribution < 1.29 is 8.98 Å². The number of pyridine rings is 1. The molecule has 0 spiro atoms. The Morgan fingerprint density at radius 3 is 2.41 bits per heavy atom. The lowest BCUT2D eigenvalue weighted by Gasteiger charge is -2.07. The fraction of sp³-hybridized carbons (Fsp3) is 0.172. The second kappa shape index (κ2) is 7.66. The summed E-state index contributed by atoms with van der Waals surface area (Å²) in [6.45, 7) is 6.44.